The number of nitrogens with one attached hydrogen (secondary N) is 2. The lowest BCUT2D eigenvalue weighted by Gasteiger charge is -2.19. The lowest BCUT2D eigenvalue weighted by molar-refractivity contribution is -0.151. The van der Waals surface area contributed by atoms with E-state index in [0.29, 0.717) is 24.3 Å². The molecule has 160 valence electrons. The van der Waals surface area contributed by atoms with Crippen LogP contribution >= 0.6 is 0 Å². The topological polar surface area (TPSA) is 123 Å². The summed E-state index contributed by atoms with van der Waals surface area (Å²) in [5.74, 6) is -0.472. The predicted molar refractivity (Wildman–Crippen MR) is 102 cm³/mol. The molecule has 30 heavy (non-hydrogen) atoms. The molecule has 4 rings (SSSR count). The highest BCUT2D eigenvalue weighted by Crippen LogP contribution is 2.35. The van der Waals surface area contributed by atoms with Crippen LogP contribution in [0.5, 0.6) is 11.5 Å². The highest BCUT2D eigenvalue weighted by Gasteiger charge is 2.52. The first-order valence-electron chi connectivity index (χ1n) is 9.87. The van der Waals surface area contributed by atoms with Crippen molar-refractivity contribution < 1.29 is 33.4 Å². The predicted octanol–water partition coefficient (Wildman–Crippen LogP) is 1.00. The van der Waals surface area contributed by atoms with Gasteiger partial charge in [0, 0.05) is 0 Å². The Morgan fingerprint density at radius 3 is 2.73 bits per heavy atom. The highest BCUT2D eigenvalue weighted by molar-refractivity contribution is 6.08. The Kier molecular flexibility index (Phi) is 5.23. The molecule has 10 heteroatoms. The van der Waals surface area contributed by atoms with Gasteiger partial charge in [-0.25, -0.2) is 4.79 Å². The molecule has 1 aromatic carbocycles. The Labute approximate surface area is 172 Å². The van der Waals surface area contributed by atoms with Crippen LogP contribution in [-0.2, 0) is 19.1 Å². The Bertz CT molecular complexity index is 894. The van der Waals surface area contributed by atoms with Crippen molar-refractivity contribution in [3.8, 4) is 11.5 Å². The van der Waals surface area contributed by atoms with Gasteiger partial charge in [-0.1, -0.05) is 18.9 Å². The highest BCUT2D eigenvalue weighted by atomic mass is 16.7. The number of fused-ring (bicyclic) bond motifs is 1. The van der Waals surface area contributed by atoms with Crippen LogP contribution in [0.1, 0.15) is 44.2 Å². The van der Waals surface area contributed by atoms with Gasteiger partial charge < -0.3 is 24.8 Å². The zero-order valence-corrected chi connectivity index (χ0v) is 16.6. The minimum absolute atomic E-state index is 0.161. The van der Waals surface area contributed by atoms with Gasteiger partial charge in [0.25, 0.3) is 11.8 Å². The molecule has 2 aliphatic heterocycles. The number of amides is 4. The van der Waals surface area contributed by atoms with Crippen molar-refractivity contribution in [3.05, 3.63) is 23.8 Å². The SMILES string of the molecule is C[C@H](NC(=O)COC(=O)CN1C(=O)NC2(CCCC2)C1=O)c1ccc2c(c1)OCO2. The van der Waals surface area contributed by atoms with Crippen LogP contribution in [0.2, 0.25) is 0 Å². The molecule has 1 aromatic rings. The first-order chi connectivity index (χ1) is 14.4. The number of hydrogen-bond donors (Lipinski definition) is 2. The van der Waals surface area contributed by atoms with E-state index in [-0.39, 0.29) is 12.8 Å². The molecule has 2 N–H and O–H groups in total. The first kappa shape index (κ1) is 20.0. The molecular formula is C20H23N3O7. The van der Waals surface area contributed by atoms with E-state index in [1.807, 2.05) is 0 Å². The zero-order valence-electron chi connectivity index (χ0n) is 16.6. The number of nitrogens with zero attached hydrogens (tertiary/aromatic N) is 1. The summed E-state index contributed by atoms with van der Waals surface area (Å²) in [6, 6.07) is 4.39. The van der Waals surface area contributed by atoms with E-state index in [9.17, 15) is 19.2 Å². The van der Waals surface area contributed by atoms with E-state index in [2.05, 4.69) is 10.6 Å². The Morgan fingerprint density at radius 2 is 1.97 bits per heavy atom. The number of imide groups is 1. The molecule has 0 bridgehead atoms. The third-order valence-corrected chi connectivity index (χ3v) is 5.63. The second-order valence-electron chi connectivity index (χ2n) is 7.67. The van der Waals surface area contributed by atoms with Crippen molar-refractivity contribution in [1.29, 1.82) is 0 Å². The summed E-state index contributed by atoms with van der Waals surface area (Å²) in [7, 11) is 0. The van der Waals surface area contributed by atoms with Gasteiger partial charge in [-0.15, -0.1) is 0 Å². The average Bonchev–Trinajstić information content (AvgIpc) is 3.43. The van der Waals surface area contributed by atoms with E-state index < -0.39 is 42.5 Å². The minimum atomic E-state index is -0.880. The summed E-state index contributed by atoms with van der Waals surface area (Å²) in [5.41, 5.74) is -0.0745. The summed E-state index contributed by atoms with van der Waals surface area (Å²) in [5, 5.41) is 5.41. The molecular weight excluding hydrogens is 394 g/mol. The molecule has 1 atom stereocenters. The normalized spacial score (nSPS) is 19.7. The number of carbonyl (C=O) groups is 4. The number of esters is 1. The molecule has 10 nitrogen and oxygen atoms in total. The fraction of sp³-hybridized carbons (Fsp3) is 0.500. The van der Waals surface area contributed by atoms with E-state index >= 15 is 0 Å². The number of hydrogen-bond acceptors (Lipinski definition) is 7. The monoisotopic (exact) mass is 417 g/mol. The quantitative estimate of drug-likeness (QED) is 0.523. The van der Waals surface area contributed by atoms with Crippen molar-refractivity contribution in [2.24, 2.45) is 0 Å². The molecule has 1 saturated heterocycles. The van der Waals surface area contributed by atoms with E-state index in [4.69, 9.17) is 14.2 Å². The van der Waals surface area contributed by atoms with Gasteiger partial charge >= 0.3 is 12.0 Å². The maximum atomic E-state index is 12.5. The molecule has 0 unspecified atom stereocenters. The van der Waals surface area contributed by atoms with Gasteiger partial charge in [0.15, 0.2) is 18.1 Å². The molecule has 0 aromatic heterocycles. The van der Waals surface area contributed by atoms with Crippen molar-refractivity contribution in [1.82, 2.24) is 15.5 Å². The summed E-state index contributed by atoms with van der Waals surface area (Å²) >= 11 is 0. The first-order valence-corrected chi connectivity index (χ1v) is 9.87. The molecule has 1 aliphatic carbocycles. The Balaban J connectivity index is 1.25. The Morgan fingerprint density at radius 1 is 1.23 bits per heavy atom. The van der Waals surface area contributed by atoms with Crippen LogP contribution in [0.4, 0.5) is 4.79 Å². The number of ether oxygens (including phenoxy) is 3. The summed E-state index contributed by atoms with van der Waals surface area (Å²) in [6.07, 6.45) is 2.85. The lowest BCUT2D eigenvalue weighted by atomic mass is 9.98. The standard InChI is InChI=1S/C20H23N3O7/c1-12(13-4-5-14-15(8-13)30-11-29-14)21-16(24)10-28-17(25)9-23-18(26)20(22-19(23)27)6-2-3-7-20/h4-5,8,12H,2-3,6-7,9-11H2,1H3,(H,21,24)(H,22,27)/t12-/m0/s1. The second-order valence-corrected chi connectivity index (χ2v) is 7.67. The van der Waals surface area contributed by atoms with Crippen molar-refractivity contribution in [3.63, 3.8) is 0 Å². The van der Waals surface area contributed by atoms with Gasteiger partial charge in [-0.3, -0.25) is 19.3 Å². The van der Waals surface area contributed by atoms with Gasteiger partial charge in [0.05, 0.1) is 6.04 Å². The van der Waals surface area contributed by atoms with Crippen LogP contribution in [0, 0.1) is 0 Å². The number of benzene rings is 1. The summed E-state index contributed by atoms with van der Waals surface area (Å²) in [6.45, 7) is 0.916. The zero-order chi connectivity index (χ0) is 21.3. The number of rotatable bonds is 6. The van der Waals surface area contributed by atoms with Crippen LogP contribution in [0.25, 0.3) is 0 Å². The smallest absolute Gasteiger partial charge is 0.326 e. The minimum Gasteiger partial charge on any atom is -0.454 e. The average molecular weight is 417 g/mol. The van der Waals surface area contributed by atoms with Crippen molar-refractivity contribution >= 4 is 23.8 Å². The van der Waals surface area contributed by atoms with Crippen LogP contribution in [-0.4, -0.2) is 54.2 Å². The molecule has 4 amide bonds. The fourth-order valence-corrected chi connectivity index (χ4v) is 4.01. The Hall–Kier alpha value is -3.30. The second kappa shape index (κ2) is 7.85. The maximum absolute atomic E-state index is 12.5. The number of urea groups is 1. The third-order valence-electron chi connectivity index (χ3n) is 5.63. The van der Waals surface area contributed by atoms with Gasteiger partial charge in [0.1, 0.15) is 12.1 Å². The molecule has 2 heterocycles. The summed E-state index contributed by atoms with van der Waals surface area (Å²) < 4.78 is 15.5. The molecule has 2 fully saturated rings. The van der Waals surface area contributed by atoms with Crippen molar-refractivity contribution in [2.45, 2.75) is 44.2 Å². The van der Waals surface area contributed by atoms with Gasteiger partial charge in [0.2, 0.25) is 6.79 Å². The maximum Gasteiger partial charge on any atom is 0.326 e. The molecule has 1 spiro atoms. The summed E-state index contributed by atoms with van der Waals surface area (Å²) in [4.78, 5) is 49.7. The van der Waals surface area contributed by atoms with Crippen molar-refractivity contribution in [2.75, 3.05) is 19.9 Å². The van der Waals surface area contributed by atoms with E-state index in [1.54, 1.807) is 25.1 Å². The van der Waals surface area contributed by atoms with Crippen LogP contribution in [0.3, 0.4) is 0 Å². The fourth-order valence-electron chi connectivity index (χ4n) is 4.01. The van der Waals surface area contributed by atoms with Gasteiger partial charge in [-0.05, 0) is 37.5 Å². The van der Waals surface area contributed by atoms with Gasteiger partial charge in [-0.2, -0.15) is 0 Å². The molecule has 1 saturated carbocycles. The molecule has 3 aliphatic rings. The largest absolute Gasteiger partial charge is 0.454 e. The van der Waals surface area contributed by atoms with E-state index in [0.717, 1.165) is 23.3 Å². The van der Waals surface area contributed by atoms with E-state index in [1.165, 1.54) is 0 Å². The molecule has 0 radical (unpaired) electrons. The van der Waals surface area contributed by atoms with Crippen LogP contribution in [0.15, 0.2) is 18.2 Å². The van der Waals surface area contributed by atoms with Crippen LogP contribution < -0.4 is 20.1 Å². The number of carbonyl (C=O) groups excluding carboxylic acids is 4. The lowest BCUT2D eigenvalue weighted by Crippen LogP contribution is -2.44. The third kappa shape index (κ3) is 3.77.